The normalized spacial score (nSPS) is 10.4. The summed E-state index contributed by atoms with van der Waals surface area (Å²) in [6, 6.07) is 12.8. The Morgan fingerprint density at radius 1 is 1.15 bits per heavy atom. The lowest BCUT2D eigenvalue weighted by molar-refractivity contribution is -0.115. The monoisotopic (exact) mass is 370 g/mol. The predicted octanol–water partition coefficient (Wildman–Crippen LogP) is 3.92. The average Bonchev–Trinajstić information content (AvgIpc) is 3.10. The van der Waals surface area contributed by atoms with Crippen molar-refractivity contribution in [2.24, 2.45) is 0 Å². The summed E-state index contributed by atoms with van der Waals surface area (Å²) in [5.41, 5.74) is 1.95. The highest BCUT2D eigenvalue weighted by Gasteiger charge is 2.12. The fourth-order valence-electron chi connectivity index (χ4n) is 2.32. The third-order valence-electron chi connectivity index (χ3n) is 3.59. The van der Waals surface area contributed by atoms with Crippen molar-refractivity contribution in [1.29, 1.82) is 0 Å². The molecule has 1 heterocycles. The number of nitrogens with zero attached hydrogens (tertiary/aromatic N) is 1. The largest absolute Gasteiger partial charge is 0.465 e. The molecule has 0 fully saturated rings. The second-order valence-electron chi connectivity index (χ2n) is 5.42. The highest BCUT2D eigenvalue weighted by atomic mass is 32.1. The van der Waals surface area contributed by atoms with Crippen molar-refractivity contribution in [2.45, 2.75) is 6.42 Å². The van der Waals surface area contributed by atoms with Crippen molar-refractivity contribution < 1.29 is 18.7 Å². The summed E-state index contributed by atoms with van der Waals surface area (Å²) in [5.74, 6) is -1.03. The molecule has 0 unspecified atom stereocenters. The van der Waals surface area contributed by atoms with E-state index in [1.807, 2.05) is 0 Å². The molecule has 0 saturated carbocycles. The number of esters is 1. The summed E-state index contributed by atoms with van der Waals surface area (Å²) < 4.78 is 18.4. The molecule has 1 amide bonds. The molecule has 3 aromatic rings. The van der Waals surface area contributed by atoms with Crippen LogP contribution in [0.1, 0.15) is 16.1 Å². The van der Waals surface area contributed by atoms with Gasteiger partial charge in [0, 0.05) is 16.6 Å². The van der Waals surface area contributed by atoms with Gasteiger partial charge in [0.05, 0.1) is 24.8 Å². The quantitative estimate of drug-likeness (QED) is 0.691. The Kier molecular flexibility index (Phi) is 5.38. The van der Waals surface area contributed by atoms with Crippen molar-refractivity contribution in [2.75, 3.05) is 12.4 Å². The Morgan fingerprint density at radius 3 is 2.58 bits per heavy atom. The van der Waals surface area contributed by atoms with E-state index in [0.717, 1.165) is 0 Å². The van der Waals surface area contributed by atoms with Gasteiger partial charge in [0.1, 0.15) is 10.8 Å². The highest BCUT2D eigenvalue weighted by Crippen LogP contribution is 2.26. The molecule has 0 bridgehead atoms. The van der Waals surface area contributed by atoms with E-state index in [-0.39, 0.29) is 18.1 Å². The van der Waals surface area contributed by atoms with Gasteiger partial charge in [0.25, 0.3) is 0 Å². The first-order valence-electron chi connectivity index (χ1n) is 7.74. The van der Waals surface area contributed by atoms with Crippen LogP contribution in [0.3, 0.4) is 0 Å². The van der Waals surface area contributed by atoms with Crippen LogP contribution in [-0.4, -0.2) is 24.0 Å². The maximum atomic E-state index is 13.8. The SMILES string of the molecule is COC(=O)c1ccc(NC(=O)Cc2csc(-c3ccccc3F)n2)cc1. The molecule has 7 heteroatoms. The molecule has 5 nitrogen and oxygen atoms in total. The maximum absolute atomic E-state index is 13.8. The molecule has 0 aliphatic rings. The summed E-state index contributed by atoms with van der Waals surface area (Å²) in [5, 5.41) is 5.01. The van der Waals surface area contributed by atoms with Gasteiger partial charge in [0.15, 0.2) is 0 Å². The van der Waals surface area contributed by atoms with Crippen LogP contribution in [0.25, 0.3) is 10.6 Å². The Bertz CT molecular complexity index is 938. The minimum Gasteiger partial charge on any atom is -0.465 e. The highest BCUT2D eigenvalue weighted by molar-refractivity contribution is 7.13. The zero-order valence-corrected chi connectivity index (χ0v) is 14.7. The third-order valence-corrected chi connectivity index (χ3v) is 4.51. The Morgan fingerprint density at radius 2 is 1.88 bits per heavy atom. The lowest BCUT2D eigenvalue weighted by Gasteiger charge is -2.05. The van der Waals surface area contributed by atoms with Gasteiger partial charge in [-0.1, -0.05) is 12.1 Å². The van der Waals surface area contributed by atoms with Crippen molar-refractivity contribution in [3.63, 3.8) is 0 Å². The number of aromatic nitrogens is 1. The standard InChI is InChI=1S/C19H15FN2O3S/c1-25-19(24)12-6-8-13(9-7-12)21-17(23)10-14-11-26-18(22-14)15-4-2-3-5-16(15)20/h2-9,11H,10H2,1H3,(H,21,23). The summed E-state index contributed by atoms with van der Waals surface area (Å²) in [7, 11) is 1.31. The topological polar surface area (TPSA) is 68.3 Å². The van der Waals surface area contributed by atoms with Crippen molar-refractivity contribution in [1.82, 2.24) is 4.98 Å². The molecule has 2 aromatic carbocycles. The second-order valence-corrected chi connectivity index (χ2v) is 6.28. The predicted molar refractivity (Wildman–Crippen MR) is 97.6 cm³/mol. The first kappa shape index (κ1) is 17.8. The molecule has 26 heavy (non-hydrogen) atoms. The summed E-state index contributed by atoms with van der Waals surface area (Å²) in [4.78, 5) is 27.9. The summed E-state index contributed by atoms with van der Waals surface area (Å²) in [6.45, 7) is 0. The van der Waals surface area contributed by atoms with Gasteiger partial charge in [-0.05, 0) is 36.4 Å². The molecule has 1 N–H and O–H groups in total. The number of nitrogens with one attached hydrogen (secondary N) is 1. The number of methoxy groups -OCH3 is 1. The van der Waals surface area contributed by atoms with E-state index in [1.165, 1.54) is 24.5 Å². The zero-order valence-electron chi connectivity index (χ0n) is 13.9. The lowest BCUT2D eigenvalue weighted by atomic mass is 10.2. The van der Waals surface area contributed by atoms with Gasteiger partial charge >= 0.3 is 5.97 Å². The number of thiazole rings is 1. The minimum atomic E-state index is -0.439. The van der Waals surface area contributed by atoms with E-state index in [2.05, 4.69) is 15.0 Å². The number of amides is 1. The number of rotatable bonds is 5. The summed E-state index contributed by atoms with van der Waals surface area (Å²) >= 11 is 1.29. The molecular weight excluding hydrogens is 355 g/mol. The number of anilines is 1. The van der Waals surface area contributed by atoms with Gasteiger partial charge < -0.3 is 10.1 Å². The van der Waals surface area contributed by atoms with E-state index in [9.17, 15) is 14.0 Å². The van der Waals surface area contributed by atoms with E-state index in [4.69, 9.17) is 0 Å². The molecule has 0 saturated heterocycles. The molecule has 0 atom stereocenters. The summed E-state index contributed by atoms with van der Waals surface area (Å²) in [6.07, 6.45) is 0.0731. The van der Waals surface area contributed by atoms with Crippen LogP contribution in [0, 0.1) is 5.82 Å². The third kappa shape index (κ3) is 4.12. The minimum absolute atomic E-state index is 0.0731. The van der Waals surface area contributed by atoms with Gasteiger partial charge in [-0.25, -0.2) is 14.2 Å². The number of ether oxygens (including phenoxy) is 1. The fourth-order valence-corrected chi connectivity index (χ4v) is 3.17. The molecule has 0 aliphatic heterocycles. The van der Waals surface area contributed by atoms with Gasteiger partial charge in [-0.3, -0.25) is 4.79 Å². The van der Waals surface area contributed by atoms with Gasteiger partial charge in [0.2, 0.25) is 5.91 Å². The average molecular weight is 370 g/mol. The number of benzene rings is 2. The van der Waals surface area contributed by atoms with E-state index < -0.39 is 5.97 Å². The first-order valence-corrected chi connectivity index (χ1v) is 8.62. The first-order chi connectivity index (χ1) is 12.6. The fraction of sp³-hybridized carbons (Fsp3) is 0.105. The molecule has 1 aromatic heterocycles. The molecular formula is C19H15FN2O3S. The number of halogens is 1. The zero-order chi connectivity index (χ0) is 18.5. The lowest BCUT2D eigenvalue weighted by Crippen LogP contribution is -2.14. The van der Waals surface area contributed by atoms with Crippen LogP contribution in [0.15, 0.2) is 53.9 Å². The molecule has 132 valence electrons. The molecule has 0 radical (unpaired) electrons. The Hall–Kier alpha value is -3.06. The van der Waals surface area contributed by atoms with Crippen LogP contribution in [-0.2, 0) is 16.0 Å². The van der Waals surface area contributed by atoms with Crippen molar-refractivity contribution >= 4 is 28.9 Å². The van der Waals surface area contributed by atoms with Crippen LogP contribution >= 0.6 is 11.3 Å². The van der Waals surface area contributed by atoms with Crippen molar-refractivity contribution in [3.05, 3.63) is 71.0 Å². The number of carbonyl (C=O) groups excluding carboxylic acids is 2. The van der Waals surface area contributed by atoms with Crippen LogP contribution in [0.5, 0.6) is 0 Å². The number of carbonyl (C=O) groups is 2. The van der Waals surface area contributed by atoms with Gasteiger partial charge in [-0.2, -0.15) is 0 Å². The number of hydrogen-bond acceptors (Lipinski definition) is 5. The van der Waals surface area contributed by atoms with E-state index in [1.54, 1.807) is 47.8 Å². The van der Waals surface area contributed by atoms with Crippen molar-refractivity contribution in [3.8, 4) is 10.6 Å². The van der Waals surface area contributed by atoms with Crippen LogP contribution in [0.2, 0.25) is 0 Å². The van der Waals surface area contributed by atoms with E-state index in [0.29, 0.717) is 27.5 Å². The second kappa shape index (κ2) is 7.88. The van der Waals surface area contributed by atoms with Crippen LogP contribution < -0.4 is 5.32 Å². The van der Waals surface area contributed by atoms with Gasteiger partial charge in [-0.15, -0.1) is 11.3 Å². The van der Waals surface area contributed by atoms with E-state index >= 15 is 0 Å². The Balaban J connectivity index is 1.64. The molecule has 3 rings (SSSR count). The smallest absolute Gasteiger partial charge is 0.337 e. The molecule has 0 spiro atoms. The maximum Gasteiger partial charge on any atom is 0.337 e. The Labute approximate surface area is 153 Å². The number of hydrogen-bond donors (Lipinski definition) is 1. The van der Waals surface area contributed by atoms with Crippen LogP contribution in [0.4, 0.5) is 10.1 Å². The molecule has 0 aliphatic carbocycles.